The molecule has 0 aliphatic carbocycles. The summed E-state index contributed by atoms with van der Waals surface area (Å²) in [5.74, 6) is -0.0964. The molecule has 1 rings (SSSR count). The second-order valence-electron chi connectivity index (χ2n) is 4.05. The van der Waals surface area contributed by atoms with Gasteiger partial charge in [-0.05, 0) is 12.8 Å². The highest BCUT2D eigenvalue weighted by molar-refractivity contribution is 5.81. The SMILES string of the molecule is C=CCN(CCNC(=O)C1CCCO1)C(C)=O. The van der Waals surface area contributed by atoms with Gasteiger partial charge in [0.05, 0.1) is 0 Å². The van der Waals surface area contributed by atoms with E-state index < -0.39 is 0 Å². The number of hydrogen-bond acceptors (Lipinski definition) is 3. The molecule has 1 atom stereocenters. The first-order chi connectivity index (χ1) is 8.15. The number of hydrogen-bond donors (Lipinski definition) is 1. The third-order valence-electron chi connectivity index (χ3n) is 2.70. The van der Waals surface area contributed by atoms with Crippen LogP contribution in [0.4, 0.5) is 0 Å². The van der Waals surface area contributed by atoms with Gasteiger partial charge in [-0.15, -0.1) is 6.58 Å². The monoisotopic (exact) mass is 240 g/mol. The summed E-state index contributed by atoms with van der Waals surface area (Å²) in [5.41, 5.74) is 0. The van der Waals surface area contributed by atoms with E-state index in [0.29, 0.717) is 26.2 Å². The number of rotatable bonds is 6. The van der Waals surface area contributed by atoms with Crippen LogP contribution >= 0.6 is 0 Å². The average Bonchev–Trinajstić information content (AvgIpc) is 2.81. The Morgan fingerprint density at radius 2 is 2.35 bits per heavy atom. The molecular weight excluding hydrogens is 220 g/mol. The Labute approximate surface area is 102 Å². The molecule has 5 nitrogen and oxygen atoms in total. The van der Waals surface area contributed by atoms with Gasteiger partial charge in [0, 0.05) is 33.2 Å². The van der Waals surface area contributed by atoms with E-state index in [4.69, 9.17) is 4.74 Å². The van der Waals surface area contributed by atoms with Gasteiger partial charge in [-0.25, -0.2) is 0 Å². The molecule has 1 unspecified atom stereocenters. The third-order valence-corrected chi connectivity index (χ3v) is 2.70. The summed E-state index contributed by atoms with van der Waals surface area (Å²) in [6.07, 6.45) is 3.09. The zero-order chi connectivity index (χ0) is 12.7. The normalized spacial score (nSPS) is 18.8. The van der Waals surface area contributed by atoms with Gasteiger partial charge >= 0.3 is 0 Å². The van der Waals surface area contributed by atoms with Crippen molar-refractivity contribution in [1.29, 1.82) is 0 Å². The molecule has 1 fully saturated rings. The largest absolute Gasteiger partial charge is 0.368 e. The lowest BCUT2D eigenvalue weighted by atomic mass is 10.2. The van der Waals surface area contributed by atoms with Crippen LogP contribution in [-0.4, -0.2) is 49.1 Å². The molecule has 17 heavy (non-hydrogen) atoms. The van der Waals surface area contributed by atoms with Gasteiger partial charge in [0.2, 0.25) is 11.8 Å². The maximum absolute atomic E-state index is 11.6. The lowest BCUT2D eigenvalue weighted by Gasteiger charge is -2.19. The molecule has 0 aromatic carbocycles. The third kappa shape index (κ3) is 4.56. The van der Waals surface area contributed by atoms with E-state index in [1.165, 1.54) is 6.92 Å². The van der Waals surface area contributed by atoms with Crippen molar-refractivity contribution in [3.05, 3.63) is 12.7 Å². The van der Waals surface area contributed by atoms with E-state index in [0.717, 1.165) is 12.8 Å². The molecule has 0 aromatic heterocycles. The molecule has 0 saturated carbocycles. The van der Waals surface area contributed by atoms with E-state index in [9.17, 15) is 9.59 Å². The van der Waals surface area contributed by atoms with Crippen LogP contribution in [-0.2, 0) is 14.3 Å². The second-order valence-corrected chi connectivity index (χ2v) is 4.05. The zero-order valence-corrected chi connectivity index (χ0v) is 10.3. The van der Waals surface area contributed by atoms with Crippen molar-refractivity contribution in [2.75, 3.05) is 26.2 Å². The molecule has 1 N–H and O–H groups in total. The Balaban J connectivity index is 2.22. The molecule has 0 radical (unpaired) electrons. The molecule has 0 bridgehead atoms. The number of nitrogens with zero attached hydrogens (tertiary/aromatic N) is 1. The number of carbonyl (C=O) groups excluding carboxylic acids is 2. The predicted octanol–water partition coefficient (Wildman–Crippen LogP) is 0.316. The molecule has 0 spiro atoms. The Morgan fingerprint density at radius 1 is 1.59 bits per heavy atom. The van der Waals surface area contributed by atoms with E-state index >= 15 is 0 Å². The van der Waals surface area contributed by atoms with Crippen molar-refractivity contribution in [3.63, 3.8) is 0 Å². The first kappa shape index (κ1) is 13.7. The summed E-state index contributed by atoms with van der Waals surface area (Å²) >= 11 is 0. The number of ether oxygens (including phenoxy) is 1. The smallest absolute Gasteiger partial charge is 0.249 e. The fourth-order valence-corrected chi connectivity index (χ4v) is 1.75. The van der Waals surface area contributed by atoms with Crippen LogP contribution in [0.25, 0.3) is 0 Å². The van der Waals surface area contributed by atoms with Crippen LogP contribution in [0.5, 0.6) is 0 Å². The maximum Gasteiger partial charge on any atom is 0.249 e. The van der Waals surface area contributed by atoms with Gasteiger partial charge in [-0.2, -0.15) is 0 Å². The van der Waals surface area contributed by atoms with Gasteiger partial charge in [-0.3, -0.25) is 9.59 Å². The number of nitrogens with one attached hydrogen (secondary N) is 1. The highest BCUT2D eigenvalue weighted by atomic mass is 16.5. The van der Waals surface area contributed by atoms with E-state index in [1.54, 1.807) is 11.0 Å². The van der Waals surface area contributed by atoms with Gasteiger partial charge < -0.3 is 15.0 Å². The van der Waals surface area contributed by atoms with E-state index in [2.05, 4.69) is 11.9 Å². The zero-order valence-electron chi connectivity index (χ0n) is 10.3. The highest BCUT2D eigenvalue weighted by Crippen LogP contribution is 2.11. The lowest BCUT2D eigenvalue weighted by molar-refractivity contribution is -0.131. The topological polar surface area (TPSA) is 58.6 Å². The molecule has 1 aliphatic rings. The summed E-state index contributed by atoms with van der Waals surface area (Å²) in [6, 6.07) is 0. The van der Waals surface area contributed by atoms with Crippen LogP contribution in [0.15, 0.2) is 12.7 Å². The van der Waals surface area contributed by atoms with E-state index in [1.807, 2.05) is 0 Å². The Bertz CT molecular complexity index is 285. The summed E-state index contributed by atoms with van der Waals surface area (Å²) in [6.45, 7) is 7.21. The van der Waals surface area contributed by atoms with Crippen molar-refractivity contribution >= 4 is 11.8 Å². The molecule has 1 saturated heterocycles. The highest BCUT2D eigenvalue weighted by Gasteiger charge is 2.23. The van der Waals surface area contributed by atoms with Crippen molar-refractivity contribution in [1.82, 2.24) is 10.2 Å². The van der Waals surface area contributed by atoms with Crippen LogP contribution in [0.3, 0.4) is 0 Å². The molecule has 96 valence electrons. The van der Waals surface area contributed by atoms with Crippen LogP contribution in [0.2, 0.25) is 0 Å². The van der Waals surface area contributed by atoms with Crippen LogP contribution in [0, 0.1) is 0 Å². The summed E-state index contributed by atoms with van der Waals surface area (Å²) in [4.78, 5) is 24.4. The maximum atomic E-state index is 11.6. The molecule has 2 amide bonds. The quantitative estimate of drug-likeness (QED) is 0.680. The second kappa shape index (κ2) is 7.06. The first-order valence-electron chi connectivity index (χ1n) is 5.91. The summed E-state index contributed by atoms with van der Waals surface area (Å²) in [5, 5.41) is 2.78. The molecule has 1 heterocycles. The van der Waals surface area contributed by atoms with Gasteiger partial charge in [-0.1, -0.05) is 6.08 Å². The standard InChI is InChI=1S/C12H20N2O3/c1-3-7-14(10(2)15)8-6-13-12(16)11-5-4-9-17-11/h3,11H,1,4-9H2,2H3,(H,13,16). The Hall–Kier alpha value is -1.36. The van der Waals surface area contributed by atoms with Gasteiger partial charge in [0.15, 0.2) is 0 Å². The van der Waals surface area contributed by atoms with Crippen molar-refractivity contribution in [2.45, 2.75) is 25.9 Å². The van der Waals surface area contributed by atoms with Crippen molar-refractivity contribution in [2.24, 2.45) is 0 Å². The summed E-state index contributed by atoms with van der Waals surface area (Å²) < 4.78 is 5.26. The Kier molecular flexibility index (Phi) is 5.69. The minimum atomic E-state index is -0.305. The minimum Gasteiger partial charge on any atom is -0.368 e. The van der Waals surface area contributed by atoms with Crippen LogP contribution < -0.4 is 5.32 Å². The van der Waals surface area contributed by atoms with Gasteiger partial charge in [0.1, 0.15) is 6.10 Å². The predicted molar refractivity (Wildman–Crippen MR) is 64.4 cm³/mol. The van der Waals surface area contributed by atoms with Gasteiger partial charge in [0.25, 0.3) is 0 Å². The fourth-order valence-electron chi connectivity index (χ4n) is 1.75. The molecule has 1 aliphatic heterocycles. The minimum absolute atomic E-state index is 0.0173. The van der Waals surface area contributed by atoms with Crippen LogP contribution in [0.1, 0.15) is 19.8 Å². The average molecular weight is 240 g/mol. The Morgan fingerprint density at radius 3 is 2.88 bits per heavy atom. The number of carbonyl (C=O) groups is 2. The number of amides is 2. The molecular formula is C12H20N2O3. The summed E-state index contributed by atoms with van der Waals surface area (Å²) in [7, 11) is 0. The van der Waals surface area contributed by atoms with Crippen molar-refractivity contribution in [3.8, 4) is 0 Å². The fraction of sp³-hybridized carbons (Fsp3) is 0.667. The molecule has 5 heteroatoms. The van der Waals surface area contributed by atoms with Crippen molar-refractivity contribution < 1.29 is 14.3 Å². The first-order valence-corrected chi connectivity index (χ1v) is 5.91. The lowest BCUT2D eigenvalue weighted by Crippen LogP contribution is -2.41. The molecule has 0 aromatic rings. The van der Waals surface area contributed by atoms with E-state index in [-0.39, 0.29) is 17.9 Å².